The second-order valence-electron chi connectivity index (χ2n) is 4.96. The summed E-state index contributed by atoms with van der Waals surface area (Å²) in [5.74, 6) is 0.378. The van der Waals surface area contributed by atoms with Gasteiger partial charge in [-0.15, -0.1) is 0 Å². The van der Waals surface area contributed by atoms with Crippen LogP contribution in [0.25, 0.3) is 0 Å². The summed E-state index contributed by atoms with van der Waals surface area (Å²) in [7, 11) is 0. The fraction of sp³-hybridized carbons (Fsp3) is 0.625. The lowest BCUT2D eigenvalue weighted by molar-refractivity contribution is 0.560. The third kappa shape index (κ3) is 5.99. The van der Waals surface area contributed by atoms with Crippen LogP contribution in [0.2, 0.25) is 0 Å². The zero-order valence-electron chi connectivity index (χ0n) is 11.3. The average Bonchev–Trinajstić information content (AvgIpc) is 2.39. The van der Waals surface area contributed by atoms with E-state index in [0.717, 1.165) is 5.33 Å². The zero-order valence-corrected chi connectivity index (χ0v) is 12.9. The second kappa shape index (κ2) is 9.55. The number of halogens is 2. The number of rotatable bonds is 9. The van der Waals surface area contributed by atoms with Crippen LogP contribution < -0.4 is 0 Å². The molecule has 0 N–H and O–H groups in total. The number of unbranched alkanes of at least 4 members (excludes halogenated alkanes) is 5. The molecule has 0 fully saturated rings. The number of alkyl halides is 1. The molecule has 0 aliphatic heterocycles. The summed E-state index contributed by atoms with van der Waals surface area (Å²) in [6.07, 6.45) is 9.18. The minimum Gasteiger partial charge on any atom is -0.207 e. The molecule has 0 radical (unpaired) electrons. The van der Waals surface area contributed by atoms with E-state index >= 15 is 0 Å². The van der Waals surface area contributed by atoms with Gasteiger partial charge in [0.25, 0.3) is 0 Å². The molecule has 0 aromatic heterocycles. The molecule has 18 heavy (non-hydrogen) atoms. The third-order valence-electron chi connectivity index (χ3n) is 3.43. The molecule has 0 aliphatic carbocycles. The maximum Gasteiger partial charge on any atom is 0.123 e. The molecule has 1 aromatic rings. The van der Waals surface area contributed by atoms with Gasteiger partial charge in [-0.3, -0.25) is 0 Å². The molecule has 1 unspecified atom stereocenters. The molecule has 0 amide bonds. The van der Waals surface area contributed by atoms with Gasteiger partial charge < -0.3 is 0 Å². The molecule has 0 bridgehead atoms. The van der Waals surface area contributed by atoms with E-state index in [1.165, 1.54) is 50.5 Å². The number of benzene rings is 1. The van der Waals surface area contributed by atoms with Crippen molar-refractivity contribution in [1.29, 1.82) is 0 Å². The first-order chi connectivity index (χ1) is 8.77. The van der Waals surface area contributed by atoms with Crippen molar-refractivity contribution < 1.29 is 4.39 Å². The first-order valence-corrected chi connectivity index (χ1v) is 8.21. The Hall–Kier alpha value is -0.370. The smallest absolute Gasteiger partial charge is 0.123 e. The Morgan fingerprint density at radius 3 is 2.22 bits per heavy atom. The van der Waals surface area contributed by atoms with Gasteiger partial charge in [-0.25, -0.2) is 4.39 Å². The topological polar surface area (TPSA) is 0 Å². The van der Waals surface area contributed by atoms with Crippen molar-refractivity contribution in [3.05, 3.63) is 35.6 Å². The van der Waals surface area contributed by atoms with Crippen molar-refractivity contribution in [1.82, 2.24) is 0 Å². The van der Waals surface area contributed by atoms with Crippen molar-refractivity contribution in [2.24, 2.45) is 0 Å². The quantitative estimate of drug-likeness (QED) is 0.384. The third-order valence-corrected chi connectivity index (χ3v) is 4.22. The van der Waals surface area contributed by atoms with Crippen molar-refractivity contribution in [3.8, 4) is 0 Å². The minimum atomic E-state index is -0.147. The summed E-state index contributed by atoms with van der Waals surface area (Å²) in [6, 6.07) is 6.95. The zero-order chi connectivity index (χ0) is 13.2. The highest BCUT2D eigenvalue weighted by molar-refractivity contribution is 9.09. The highest BCUT2D eigenvalue weighted by atomic mass is 79.9. The van der Waals surface area contributed by atoms with E-state index in [2.05, 4.69) is 22.9 Å². The van der Waals surface area contributed by atoms with Crippen LogP contribution in [0.5, 0.6) is 0 Å². The Bertz CT molecular complexity index is 307. The van der Waals surface area contributed by atoms with Crippen LogP contribution in [-0.2, 0) is 0 Å². The second-order valence-corrected chi connectivity index (χ2v) is 5.61. The monoisotopic (exact) mass is 314 g/mol. The molecule has 0 nitrogen and oxygen atoms in total. The van der Waals surface area contributed by atoms with Crippen LogP contribution in [0.4, 0.5) is 4.39 Å². The molecular formula is C16H24BrF. The summed E-state index contributed by atoms with van der Waals surface area (Å²) in [5.41, 5.74) is 1.25. The predicted molar refractivity (Wildman–Crippen MR) is 80.9 cm³/mol. The first kappa shape index (κ1) is 15.7. The molecule has 102 valence electrons. The summed E-state index contributed by atoms with van der Waals surface area (Å²) in [5, 5.41) is 0.966. The summed E-state index contributed by atoms with van der Waals surface area (Å²) < 4.78 is 12.9. The van der Waals surface area contributed by atoms with Crippen LogP contribution in [0.1, 0.15) is 63.4 Å². The molecule has 1 aromatic carbocycles. The maximum absolute atomic E-state index is 12.9. The molecule has 0 saturated heterocycles. The summed E-state index contributed by atoms with van der Waals surface area (Å²) in [6.45, 7) is 2.25. The van der Waals surface area contributed by atoms with Gasteiger partial charge in [0.15, 0.2) is 0 Å². The molecule has 1 rings (SSSR count). The lowest BCUT2D eigenvalue weighted by Crippen LogP contribution is -2.00. The lowest BCUT2D eigenvalue weighted by Gasteiger charge is -2.14. The van der Waals surface area contributed by atoms with Crippen LogP contribution >= 0.6 is 15.9 Å². The van der Waals surface area contributed by atoms with Crippen molar-refractivity contribution >= 4 is 15.9 Å². The van der Waals surface area contributed by atoms with E-state index in [-0.39, 0.29) is 5.82 Å². The molecule has 1 atom stereocenters. The Balaban J connectivity index is 2.27. The fourth-order valence-electron chi connectivity index (χ4n) is 2.24. The summed E-state index contributed by atoms with van der Waals surface area (Å²) in [4.78, 5) is 0. The first-order valence-electron chi connectivity index (χ1n) is 7.09. The Kier molecular flexibility index (Phi) is 8.32. The van der Waals surface area contributed by atoms with Crippen molar-refractivity contribution in [3.63, 3.8) is 0 Å². The maximum atomic E-state index is 12.9. The molecular weight excluding hydrogens is 291 g/mol. The average molecular weight is 315 g/mol. The van der Waals surface area contributed by atoms with Crippen LogP contribution in [0, 0.1) is 5.82 Å². The molecule has 0 aliphatic rings. The predicted octanol–water partition coefficient (Wildman–Crippen LogP) is 6.05. The standard InChI is InChI=1S/C16H24BrF/c1-2-3-4-5-6-7-8-15(13-17)14-9-11-16(18)12-10-14/h9-12,15H,2-8,13H2,1H3. The van der Waals surface area contributed by atoms with Crippen molar-refractivity contribution in [2.45, 2.75) is 57.8 Å². The van der Waals surface area contributed by atoms with Gasteiger partial charge in [0.1, 0.15) is 5.82 Å². The van der Waals surface area contributed by atoms with Gasteiger partial charge in [0.2, 0.25) is 0 Å². The Labute approximate surface area is 119 Å². The SMILES string of the molecule is CCCCCCCCC(CBr)c1ccc(F)cc1. The molecule has 2 heteroatoms. The van der Waals surface area contributed by atoms with Crippen LogP contribution in [0.3, 0.4) is 0 Å². The van der Waals surface area contributed by atoms with Gasteiger partial charge in [-0.1, -0.05) is 73.5 Å². The van der Waals surface area contributed by atoms with Crippen LogP contribution in [-0.4, -0.2) is 5.33 Å². The van der Waals surface area contributed by atoms with Crippen LogP contribution in [0.15, 0.2) is 24.3 Å². The van der Waals surface area contributed by atoms with E-state index in [1.54, 1.807) is 12.1 Å². The molecule has 0 saturated carbocycles. The highest BCUT2D eigenvalue weighted by Gasteiger charge is 2.09. The summed E-state index contributed by atoms with van der Waals surface area (Å²) >= 11 is 3.57. The van der Waals surface area contributed by atoms with Gasteiger partial charge >= 0.3 is 0 Å². The highest BCUT2D eigenvalue weighted by Crippen LogP contribution is 2.25. The lowest BCUT2D eigenvalue weighted by atomic mass is 9.94. The van der Waals surface area contributed by atoms with E-state index in [4.69, 9.17) is 0 Å². The minimum absolute atomic E-state index is 0.147. The van der Waals surface area contributed by atoms with Gasteiger partial charge in [0, 0.05) is 5.33 Å². The number of hydrogen-bond acceptors (Lipinski definition) is 0. The largest absolute Gasteiger partial charge is 0.207 e. The van der Waals surface area contributed by atoms with Gasteiger partial charge in [-0.05, 0) is 30.0 Å². The van der Waals surface area contributed by atoms with E-state index in [0.29, 0.717) is 5.92 Å². The fourth-order valence-corrected chi connectivity index (χ4v) is 2.94. The Morgan fingerprint density at radius 1 is 1.00 bits per heavy atom. The number of hydrogen-bond donors (Lipinski definition) is 0. The van der Waals surface area contributed by atoms with Gasteiger partial charge in [0.05, 0.1) is 0 Å². The molecule has 0 heterocycles. The Morgan fingerprint density at radius 2 is 1.61 bits per heavy atom. The van der Waals surface area contributed by atoms with E-state index in [9.17, 15) is 4.39 Å². The molecule has 0 spiro atoms. The van der Waals surface area contributed by atoms with E-state index < -0.39 is 0 Å². The van der Waals surface area contributed by atoms with E-state index in [1.807, 2.05) is 12.1 Å². The normalized spacial score (nSPS) is 12.6. The van der Waals surface area contributed by atoms with Gasteiger partial charge in [-0.2, -0.15) is 0 Å². The van der Waals surface area contributed by atoms with Crippen molar-refractivity contribution in [2.75, 3.05) is 5.33 Å².